The lowest BCUT2D eigenvalue weighted by Gasteiger charge is -2.13. The van der Waals surface area contributed by atoms with E-state index < -0.39 is 0 Å². The van der Waals surface area contributed by atoms with E-state index in [1.54, 1.807) is 18.2 Å². The zero-order valence-corrected chi connectivity index (χ0v) is 18.0. The van der Waals surface area contributed by atoms with Crippen molar-refractivity contribution in [3.8, 4) is 5.69 Å². The number of hydrogen-bond donors (Lipinski definition) is 1. The molecular formula is C19H17Cl3N4OS. The molecular weight excluding hydrogens is 439 g/mol. The molecule has 3 rings (SSSR count). The number of hydrogen-bond acceptors (Lipinski definition) is 4. The highest BCUT2D eigenvalue weighted by Crippen LogP contribution is 2.31. The van der Waals surface area contributed by atoms with E-state index >= 15 is 0 Å². The molecule has 0 unspecified atom stereocenters. The summed E-state index contributed by atoms with van der Waals surface area (Å²) >= 11 is 19.7. The number of carbonyl (C=O) groups is 1. The minimum Gasteiger partial charge on any atom is -0.348 e. The summed E-state index contributed by atoms with van der Waals surface area (Å²) in [5.74, 6) is 0.843. The SMILES string of the molecule is Cc1ccccc1CSc1nnc(CNC(=O)CCl)n1-c1cc(Cl)ccc1Cl. The van der Waals surface area contributed by atoms with Crippen LogP contribution < -0.4 is 5.32 Å². The van der Waals surface area contributed by atoms with Crippen LogP contribution in [0.4, 0.5) is 0 Å². The quantitative estimate of drug-likeness (QED) is 0.401. The molecule has 146 valence electrons. The van der Waals surface area contributed by atoms with E-state index in [2.05, 4.69) is 34.6 Å². The molecule has 9 heteroatoms. The van der Waals surface area contributed by atoms with E-state index in [0.29, 0.717) is 26.7 Å². The van der Waals surface area contributed by atoms with Crippen LogP contribution in [0.5, 0.6) is 0 Å². The summed E-state index contributed by atoms with van der Waals surface area (Å²) in [7, 11) is 0. The van der Waals surface area contributed by atoms with Gasteiger partial charge in [0.15, 0.2) is 11.0 Å². The average Bonchev–Trinajstić information content (AvgIpc) is 3.10. The minimum atomic E-state index is -0.289. The van der Waals surface area contributed by atoms with Crippen molar-refractivity contribution in [1.82, 2.24) is 20.1 Å². The first kappa shape index (κ1) is 21.0. The molecule has 0 radical (unpaired) electrons. The number of carbonyl (C=O) groups excluding carboxylic acids is 1. The highest BCUT2D eigenvalue weighted by atomic mass is 35.5. The van der Waals surface area contributed by atoms with Gasteiger partial charge in [-0.05, 0) is 36.2 Å². The Hall–Kier alpha value is -1.73. The number of aromatic nitrogens is 3. The lowest BCUT2D eigenvalue weighted by atomic mass is 10.1. The van der Waals surface area contributed by atoms with Crippen LogP contribution in [0.25, 0.3) is 5.69 Å². The van der Waals surface area contributed by atoms with Gasteiger partial charge in [-0.15, -0.1) is 21.8 Å². The van der Waals surface area contributed by atoms with Gasteiger partial charge < -0.3 is 5.32 Å². The van der Waals surface area contributed by atoms with Crippen molar-refractivity contribution >= 4 is 52.5 Å². The standard InChI is InChI=1S/C19H17Cl3N4OS/c1-12-4-2-3-5-13(12)11-28-19-25-24-17(10-23-18(27)9-20)26(19)16-8-14(21)6-7-15(16)22/h2-8H,9-11H2,1H3,(H,23,27). The monoisotopic (exact) mass is 454 g/mol. The summed E-state index contributed by atoms with van der Waals surface area (Å²) in [6.45, 7) is 2.24. The van der Waals surface area contributed by atoms with Crippen molar-refractivity contribution in [2.24, 2.45) is 0 Å². The van der Waals surface area contributed by atoms with Crippen molar-refractivity contribution in [3.63, 3.8) is 0 Å². The second kappa shape index (κ2) is 9.65. The number of alkyl halides is 1. The molecule has 0 atom stereocenters. The van der Waals surface area contributed by atoms with Crippen LogP contribution in [-0.4, -0.2) is 26.6 Å². The highest BCUT2D eigenvalue weighted by Gasteiger charge is 2.18. The third kappa shape index (κ3) is 5.00. The average molecular weight is 456 g/mol. The van der Waals surface area contributed by atoms with Gasteiger partial charge in [0.25, 0.3) is 0 Å². The number of halogens is 3. The van der Waals surface area contributed by atoms with Gasteiger partial charge in [0, 0.05) is 10.8 Å². The van der Waals surface area contributed by atoms with E-state index in [9.17, 15) is 4.79 Å². The number of amides is 1. The fourth-order valence-corrected chi connectivity index (χ4v) is 4.05. The highest BCUT2D eigenvalue weighted by molar-refractivity contribution is 7.98. The second-order valence-electron chi connectivity index (χ2n) is 5.96. The molecule has 2 aromatic carbocycles. The topological polar surface area (TPSA) is 59.8 Å². The van der Waals surface area contributed by atoms with E-state index in [4.69, 9.17) is 34.8 Å². The molecule has 0 fully saturated rings. The smallest absolute Gasteiger partial charge is 0.235 e. The largest absolute Gasteiger partial charge is 0.348 e. The number of thioether (sulfide) groups is 1. The van der Waals surface area contributed by atoms with Crippen LogP contribution in [0.15, 0.2) is 47.6 Å². The van der Waals surface area contributed by atoms with Crippen molar-refractivity contribution in [2.45, 2.75) is 24.4 Å². The maximum atomic E-state index is 11.6. The van der Waals surface area contributed by atoms with E-state index in [1.807, 2.05) is 16.7 Å². The third-order valence-electron chi connectivity index (χ3n) is 4.03. The third-order valence-corrected chi connectivity index (χ3v) is 5.81. The summed E-state index contributed by atoms with van der Waals surface area (Å²) in [6.07, 6.45) is 0. The summed E-state index contributed by atoms with van der Waals surface area (Å²) in [4.78, 5) is 11.6. The van der Waals surface area contributed by atoms with Crippen LogP contribution in [0.1, 0.15) is 17.0 Å². The Kier molecular flexibility index (Phi) is 7.24. The molecule has 0 spiro atoms. The van der Waals surface area contributed by atoms with Crippen LogP contribution >= 0.6 is 46.6 Å². The number of aryl methyl sites for hydroxylation is 1. The number of nitrogens with one attached hydrogen (secondary N) is 1. The fourth-order valence-electron chi connectivity index (χ4n) is 2.55. The minimum absolute atomic E-state index is 0.124. The number of rotatable bonds is 7. The fraction of sp³-hybridized carbons (Fsp3) is 0.211. The zero-order chi connectivity index (χ0) is 20.1. The first-order valence-electron chi connectivity index (χ1n) is 8.39. The molecule has 0 aliphatic carbocycles. The van der Waals surface area contributed by atoms with Gasteiger partial charge >= 0.3 is 0 Å². The molecule has 28 heavy (non-hydrogen) atoms. The Balaban J connectivity index is 1.95. The van der Waals surface area contributed by atoms with Gasteiger partial charge in [0.2, 0.25) is 5.91 Å². The van der Waals surface area contributed by atoms with E-state index in [1.165, 1.54) is 22.9 Å². The second-order valence-corrected chi connectivity index (χ2v) is 8.01. The van der Waals surface area contributed by atoms with Gasteiger partial charge in [-0.25, -0.2) is 0 Å². The van der Waals surface area contributed by atoms with Crippen molar-refractivity contribution < 1.29 is 4.79 Å². The maximum absolute atomic E-state index is 11.6. The van der Waals surface area contributed by atoms with Gasteiger partial charge in [0.05, 0.1) is 17.3 Å². The summed E-state index contributed by atoms with van der Waals surface area (Å²) in [5, 5.41) is 13.0. The summed E-state index contributed by atoms with van der Waals surface area (Å²) < 4.78 is 1.81. The van der Waals surface area contributed by atoms with Crippen LogP contribution in [0.2, 0.25) is 10.0 Å². The Morgan fingerprint density at radius 3 is 2.71 bits per heavy atom. The number of nitrogens with zero attached hydrogens (tertiary/aromatic N) is 3. The normalized spacial score (nSPS) is 10.9. The molecule has 0 bridgehead atoms. The van der Waals surface area contributed by atoms with Gasteiger partial charge in [-0.1, -0.05) is 59.2 Å². The lowest BCUT2D eigenvalue weighted by molar-refractivity contribution is -0.118. The molecule has 5 nitrogen and oxygen atoms in total. The van der Waals surface area contributed by atoms with Crippen molar-refractivity contribution in [3.05, 3.63) is 69.5 Å². The molecule has 0 saturated heterocycles. The van der Waals surface area contributed by atoms with Crippen LogP contribution in [-0.2, 0) is 17.1 Å². The lowest BCUT2D eigenvalue weighted by Crippen LogP contribution is -2.25. The van der Waals surface area contributed by atoms with Crippen LogP contribution in [0, 0.1) is 6.92 Å². The Morgan fingerprint density at radius 1 is 1.18 bits per heavy atom. The molecule has 1 heterocycles. The van der Waals surface area contributed by atoms with Gasteiger partial charge in [-0.3, -0.25) is 9.36 Å². The zero-order valence-electron chi connectivity index (χ0n) is 15.0. The van der Waals surface area contributed by atoms with E-state index in [0.717, 1.165) is 5.75 Å². The Morgan fingerprint density at radius 2 is 1.96 bits per heavy atom. The molecule has 1 aromatic heterocycles. The summed E-state index contributed by atoms with van der Waals surface area (Å²) in [6, 6.07) is 13.4. The van der Waals surface area contributed by atoms with Gasteiger partial charge in [0.1, 0.15) is 5.88 Å². The Labute approximate surface area is 182 Å². The molecule has 1 N–H and O–H groups in total. The number of benzene rings is 2. The summed E-state index contributed by atoms with van der Waals surface area (Å²) in [5.41, 5.74) is 3.06. The van der Waals surface area contributed by atoms with Crippen molar-refractivity contribution in [2.75, 3.05) is 5.88 Å². The predicted octanol–water partition coefficient (Wildman–Crippen LogP) is 5.03. The Bertz CT molecular complexity index is 993. The first-order chi connectivity index (χ1) is 13.5. The molecule has 1 amide bonds. The maximum Gasteiger partial charge on any atom is 0.235 e. The van der Waals surface area contributed by atoms with Crippen LogP contribution in [0.3, 0.4) is 0 Å². The molecule has 3 aromatic rings. The molecule has 0 saturated carbocycles. The van der Waals surface area contributed by atoms with E-state index in [-0.39, 0.29) is 18.3 Å². The molecule has 0 aliphatic heterocycles. The van der Waals surface area contributed by atoms with Crippen molar-refractivity contribution in [1.29, 1.82) is 0 Å². The van der Waals surface area contributed by atoms with Gasteiger partial charge in [-0.2, -0.15) is 0 Å². The first-order valence-corrected chi connectivity index (χ1v) is 10.7. The molecule has 0 aliphatic rings. The predicted molar refractivity (Wildman–Crippen MR) is 115 cm³/mol.